The van der Waals surface area contributed by atoms with Crippen LogP contribution in [0.4, 0.5) is 4.79 Å². The van der Waals surface area contributed by atoms with Crippen molar-refractivity contribution in [3.05, 3.63) is 51.5 Å². The smallest absolute Gasteiger partial charge is 0.407 e. The summed E-state index contributed by atoms with van der Waals surface area (Å²) >= 11 is 12.8. The van der Waals surface area contributed by atoms with Gasteiger partial charge in [-0.3, -0.25) is 9.59 Å². The van der Waals surface area contributed by atoms with Crippen LogP contribution in [0.1, 0.15) is 36.7 Å². The molecule has 0 bridgehead atoms. The molecular weight excluding hydrogens is 511 g/mol. The molecule has 196 valence electrons. The summed E-state index contributed by atoms with van der Waals surface area (Å²) in [6.07, 6.45) is -0.410. The molecule has 1 N–H and O–H groups in total. The Morgan fingerprint density at radius 2 is 1.64 bits per heavy atom. The summed E-state index contributed by atoms with van der Waals surface area (Å²) in [6.45, 7) is 6.57. The van der Waals surface area contributed by atoms with Crippen LogP contribution in [0.5, 0.6) is 17.2 Å². The van der Waals surface area contributed by atoms with Crippen molar-refractivity contribution in [2.45, 2.75) is 27.2 Å². The number of nitrogens with one attached hydrogen (secondary N) is 1. The second-order valence-electron chi connectivity index (χ2n) is 7.37. The zero-order valence-corrected chi connectivity index (χ0v) is 22.2. The Bertz CT molecular complexity index is 1050. The number of ether oxygens (including phenoxy) is 4. The minimum atomic E-state index is -0.741. The first kappa shape index (κ1) is 29.1. The maximum absolute atomic E-state index is 12.9. The van der Waals surface area contributed by atoms with Crippen LogP contribution in [-0.4, -0.2) is 62.8 Å². The molecule has 9 nitrogen and oxygen atoms in total. The van der Waals surface area contributed by atoms with E-state index in [-0.39, 0.29) is 41.5 Å². The van der Waals surface area contributed by atoms with Crippen molar-refractivity contribution in [3.63, 3.8) is 0 Å². The van der Waals surface area contributed by atoms with Crippen molar-refractivity contribution in [2.75, 3.05) is 40.0 Å². The van der Waals surface area contributed by atoms with E-state index in [1.807, 2.05) is 13.8 Å². The summed E-state index contributed by atoms with van der Waals surface area (Å²) in [5.41, 5.74) is 1.07. The third-order valence-corrected chi connectivity index (χ3v) is 5.60. The Kier molecular flexibility index (Phi) is 11.6. The van der Waals surface area contributed by atoms with E-state index in [0.717, 1.165) is 0 Å². The lowest BCUT2D eigenvalue weighted by Crippen LogP contribution is -2.31. The number of halogens is 2. The van der Waals surface area contributed by atoms with E-state index in [9.17, 15) is 14.4 Å². The van der Waals surface area contributed by atoms with Crippen LogP contribution in [0, 0.1) is 0 Å². The maximum atomic E-state index is 12.9. The van der Waals surface area contributed by atoms with E-state index in [1.54, 1.807) is 42.2 Å². The average molecular weight is 541 g/mol. The summed E-state index contributed by atoms with van der Waals surface area (Å²) in [5, 5.41) is 2.80. The number of hydrogen-bond donors (Lipinski definition) is 1. The van der Waals surface area contributed by atoms with E-state index in [1.165, 1.54) is 7.11 Å². The molecule has 0 aromatic heterocycles. The summed E-state index contributed by atoms with van der Waals surface area (Å²) < 4.78 is 21.0. The topological polar surface area (TPSA) is 103 Å². The summed E-state index contributed by atoms with van der Waals surface area (Å²) in [4.78, 5) is 37.5. The van der Waals surface area contributed by atoms with Crippen molar-refractivity contribution in [1.82, 2.24) is 10.2 Å². The average Bonchev–Trinajstić information content (AvgIpc) is 2.85. The van der Waals surface area contributed by atoms with Crippen molar-refractivity contribution >= 4 is 41.2 Å². The predicted octanol–water partition coefficient (Wildman–Crippen LogP) is 5.11. The highest BCUT2D eigenvalue weighted by molar-refractivity contribution is 6.37. The summed E-state index contributed by atoms with van der Waals surface area (Å²) in [6, 6.07) is 8.18. The standard InChI is InChI=1S/C25H30Cl2N2O7/c1-5-29(6-2)24(31)18-14-17(8-9-21(18)33-4)36-23-19(26)12-16(13-20(23)27)10-11-35-25(32)28-15-22(30)34-7-3/h8-9,12-14H,5-7,10-11,15H2,1-4H3,(H,28,32). The highest BCUT2D eigenvalue weighted by Gasteiger charge is 2.20. The third kappa shape index (κ3) is 8.20. The molecule has 0 aliphatic heterocycles. The number of carbonyl (C=O) groups is 3. The molecule has 11 heteroatoms. The van der Waals surface area contributed by atoms with Gasteiger partial charge in [0.2, 0.25) is 0 Å². The Labute approximate surface area is 220 Å². The molecule has 2 rings (SSSR count). The number of alkyl carbamates (subject to hydrolysis) is 1. The van der Waals surface area contributed by atoms with Crippen LogP contribution in [0.25, 0.3) is 0 Å². The number of rotatable bonds is 12. The van der Waals surface area contributed by atoms with Gasteiger partial charge in [0, 0.05) is 19.5 Å². The van der Waals surface area contributed by atoms with E-state index < -0.39 is 12.1 Å². The van der Waals surface area contributed by atoms with Crippen LogP contribution < -0.4 is 14.8 Å². The normalized spacial score (nSPS) is 10.4. The quantitative estimate of drug-likeness (QED) is 0.373. The van der Waals surface area contributed by atoms with Gasteiger partial charge in [-0.25, -0.2) is 4.79 Å². The zero-order chi connectivity index (χ0) is 26.7. The molecule has 2 aromatic carbocycles. The van der Waals surface area contributed by atoms with Crippen molar-refractivity contribution in [1.29, 1.82) is 0 Å². The fraction of sp³-hybridized carbons (Fsp3) is 0.400. The van der Waals surface area contributed by atoms with Crippen molar-refractivity contribution < 1.29 is 33.3 Å². The lowest BCUT2D eigenvalue weighted by Gasteiger charge is -2.20. The number of amides is 2. The Morgan fingerprint density at radius 3 is 2.22 bits per heavy atom. The van der Waals surface area contributed by atoms with Crippen LogP contribution in [0.2, 0.25) is 10.0 Å². The number of benzene rings is 2. The van der Waals surface area contributed by atoms with Crippen molar-refractivity contribution in [2.24, 2.45) is 0 Å². The lowest BCUT2D eigenvalue weighted by molar-refractivity contribution is -0.141. The second kappa shape index (κ2) is 14.4. The Hall–Kier alpha value is -3.17. The highest BCUT2D eigenvalue weighted by Crippen LogP contribution is 2.38. The summed E-state index contributed by atoms with van der Waals surface area (Å²) in [7, 11) is 1.50. The van der Waals surface area contributed by atoms with E-state index in [4.69, 9.17) is 42.1 Å². The molecule has 0 saturated heterocycles. The molecule has 0 unspecified atom stereocenters. The molecule has 0 saturated carbocycles. The zero-order valence-electron chi connectivity index (χ0n) is 20.7. The van der Waals surface area contributed by atoms with Gasteiger partial charge in [-0.15, -0.1) is 0 Å². The van der Waals surface area contributed by atoms with Crippen LogP contribution in [0.15, 0.2) is 30.3 Å². The molecule has 0 aliphatic carbocycles. The summed E-state index contributed by atoms with van der Waals surface area (Å²) in [5.74, 6) is 0.287. The molecule has 0 heterocycles. The Morgan fingerprint density at radius 1 is 0.972 bits per heavy atom. The fourth-order valence-electron chi connectivity index (χ4n) is 3.24. The van der Waals surface area contributed by atoms with Gasteiger partial charge in [-0.2, -0.15) is 0 Å². The van der Waals surface area contributed by atoms with Crippen LogP contribution in [0.3, 0.4) is 0 Å². The largest absolute Gasteiger partial charge is 0.496 e. The van der Waals surface area contributed by atoms with E-state index in [0.29, 0.717) is 42.1 Å². The molecule has 0 aliphatic rings. The number of carbonyl (C=O) groups excluding carboxylic acids is 3. The minimum absolute atomic E-state index is 0.0385. The molecule has 0 radical (unpaired) electrons. The second-order valence-corrected chi connectivity index (χ2v) is 8.19. The van der Waals surface area contributed by atoms with Gasteiger partial charge in [0.15, 0.2) is 5.75 Å². The predicted molar refractivity (Wildman–Crippen MR) is 136 cm³/mol. The lowest BCUT2D eigenvalue weighted by atomic mass is 10.1. The Balaban J connectivity index is 2.07. The third-order valence-electron chi connectivity index (χ3n) is 5.04. The van der Waals surface area contributed by atoms with Crippen molar-refractivity contribution in [3.8, 4) is 17.2 Å². The monoisotopic (exact) mass is 540 g/mol. The first-order valence-electron chi connectivity index (χ1n) is 11.4. The SMILES string of the molecule is CCOC(=O)CNC(=O)OCCc1cc(Cl)c(Oc2ccc(OC)c(C(=O)N(CC)CC)c2)c(Cl)c1. The number of hydrogen-bond acceptors (Lipinski definition) is 7. The van der Waals surface area contributed by atoms with E-state index >= 15 is 0 Å². The number of nitrogens with zero attached hydrogens (tertiary/aromatic N) is 1. The molecule has 0 atom stereocenters. The molecule has 36 heavy (non-hydrogen) atoms. The van der Waals surface area contributed by atoms with Gasteiger partial charge in [0.05, 0.1) is 35.9 Å². The molecule has 0 spiro atoms. The molecule has 2 aromatic rings. The van der Waals surface area contributed by atoms with Gasteiger partial charge < -0.3 is 29.2 Å². The molecule has 2 amide bonds. The maximum Gasteiger partial charge on any atom is 0.407 e. The van der Waals surface area contributed by atoms with Gasteiger partial charge >= 0.3 is 12.1 Å². The van der Waals surface area contributed by atoms with Crippen LogP contribution in [-0.2, 0) is 20.7 Å². The van der Waals surface area contributed by atoms with Crippen LogP contribution >= 0.6 is 23.2 Å². The fourth-order valence-corrected chi connectivity index (χ4v) is 3.85. The molecular formula is C25H30Cl2N2O7. The number of methoxy groups -OCH3 is 1. The number of esters is 1. The van der Waals surface area contributed by atoms with Gasteiger partial charge in [-0.05, 0) is 56.7 Å². The minimum Gasteiger partial charge on any atom is -0.496 e. The van der Waals surface area contributed by atoms with E-state index in [2.05, 4.69) is 5.32 Å². The van der Waals surface area contributed by atoms with Gasteiger partial charge in [0.25, 0.3) is 5.91 Å². The first-order chi connectivity index (χ1) is 17.2. The van der Waals surface area contributed by atoms with Gasteiger partial charge in [0.1, 0.15) is 18.0 Å². The molecule has 0 fully saturated rings. The highest BCUT2D eigenvalue weighted by atomic mass is 35.5. The first-order valence-corrected chi connectivity index (χ1v) is 12.2. The van der Waals surface area contributed by atoms with Gasteiger partial charge in [-0.1, -0.05) is 23.2 Å².